The lowest BCUT2D eigenvalue weighted by Gasteiger charge is -2.37. The van der Waals surface area contributed by atoms with Crippen molar-refractivity contribution < 1.29 is 9.47 Å². The first-order valence-electron chi connectivity index (χ1n) is 9.94. The topological polar surface area (TPSA) is 30.5 Å². The van der Waals surface area contributed by atoms with Gasteiger partial charge in [-0.2, -0.15) is 0 Å². The van der Waals surface area contributed by atoms with Crippen molar-refractivity contribution in [3.63, 3.8) is 0 Å². The van der Waals surface area contributed by atoms with Crippen molar-refractivity contribution >= 4 is 11.3 Å². The van der Waals surface area contributed by atoms with Crippen LogP contribution in [0.3, 0.4) is 0 Å². The highest BCUT2D eigenvalue weighted by Gasteiger charge is 2.34. The first-order chi connectivity index (χ1) is 13.3. The van der Waals surface area contributed by atoms with E-state index in [0.29, 0.717) is 0 Å². The molecule has 2 aromatic carbocycles. The second kappa shape index (κ2) is 6.73. The minimum atomic E-state index is -0.0658. The highest BCUT2D eigenvalue weighted by molar-refractivity contribution is 5.91. The zero-order chi connectivity index (χ0) is 20.1. The summed E-state index contributed by atoms with van der Waals surface area (Å²) in [6, 6.07) is 10.4. The highest BCUT2D eigenvalue weighted by atomic mass is 16.5. The summed E-state index contributed by atoms with van der Waals surface area (Å²) in [5, 5.41) is 3.67. The van der Waals surface area contributed by atoms with Crippen LogP contribution in [0.2, 0.25) is 0 Å². The molecule has 0 spiro atoms. The molecule has 0 aliphatic carbocycles. The van der Waals surface area contributed by atoms with Crippen LogP contribution in [0.4, 0.5) is 5.69 Å². The minimum Gasteiger partial charge on any atom is -0.496 e. The minimum absolute atomic E-state index is 0.00683. The second-order valence-corrected chi connectivity index (χ2v) is 8.56. The molecule has 0 radical (unpaired) electrons. The molecule has 0 saturated carbocycles. The zero-order valence-corrected chi connectivity index (χ0v) is 17.5. The van der Waals surface area contributed by atoms with E-state index in [0.717, 1.165) is 29.9 Å². The Hall–Kier alpha value is -2.68. The average molecular weight is 376 g/mol. The number of ether oxygens (including phenoxy) is 2. The van der Waals surface area contributed by atoms with Gasteiger partial charge in [-0.1, -0.05) is 23.8 Å². The van der Waals surface area contributed by atoms with Crippen molar-refractivity contribution in [3.8, 4) is 22.6 Å². The second-order valence-electron chi connectivity index (χ2n) is 8.56. The summed E-state index contributed by atoms with van der Waals surface area (Å²) in [6.45, 7) is 12.8. The normalized spacial score (nSPS) is 18.6. The lowest BCUT2D eigenvalue weighted by atomic mass is 9.80. The van der Waals surface area contributed by atoms with Crippen LogP contribution in [-0.2, 0) is 0 Å². The SMILES string of the molecule is C=C(C)CCC1Oc2cccc(OC)c2-c2ccc3c(c21)C(C)=CC(C)(C)N3. The smallest absolute Gasteiger partial charge is 0.131 e. The van der Waals surface area contributed by atoms with Gasteiger partial charge >= 0.3 is 0 Å². The number of hydrogen-bond donors (Lipinski definition) is 1. The van der Waals surface area contributed by atoms with Crippen LogP contribution in [0, 0.1) is 0 Å². The van der Waals surface area contributed by atoms with E-state index in [1.165, 1.54) is 33.5 Å². The molecule has 1 atom stereocenters. The molecule has 3 heteroatoms. The van der Waals surface area contributed by atoms with Crippen molar-refractivity contribution in [1.82, 2.24) is 0 Å². The third-order valence-corrected chi connectivity index (χ3v) is 5.58. The summed E-state index contributed by atoms with van der Waals surface area (Å²) in [6.07, 6.45) is 4.15. The molecular weight excluding hydrogens is 346 g/mol. The monoisotopic (exact) mass is 375 g/mol. The molecule has 0 amide bonds. The maximum Gasteiger partial charge on any atom is 0.131 e. The lowest BCUT2D eigenvalue weighted by molar-refractivity contribution is 0.190. The average Bonchev–Trinajstić information content (AvgIpc) is 2.63. The van der Waals surface area contributed by atoms with E-state index in [2.05, 4.69) is 57.8 Å². The van der Waals surface area contributed by atoms with Crippen molar-refractivity contribution in [1.29, 1.82) is 0 Å². The number of fused-ring (bicyclic) bond motifs is 5. The Morgan fingerprint density at radius 2 is 2.00 bits per heavy atom. The van der Waals surface area contributed by atoms with Crippen molar-refractivity contribution in [2.75, 3.05) is 12.4 Å². The van der Waals surface area contributed by atoms with Gasteiger partial charge in [0.25, 0.3) is 0 Å². The number of methoxy groups -OCH3 is 1. The molecule has 0 saturated heterocycles. The number of hydrogen-bond acceptors (Lipinski definition) is 3. The Morgan fingerprint density at radius 3 is 2.71 bits per heavy atom. The number of benzene rings is 2. The molecule has 146 valence electrons. The molecule has 0 fully saturated rings. The first-order valence-corrected chi connectivity index (χ1v) is 9.94. The number of rotatable bonds is 4. The van der Waals surface area contributed by atoms with Crippen LogP contribution in [0.5, 0.6) is 11.5 Å². The predicted octanol–water partition coefficient (Wildman–Crippen LogP) is 6.76. The predicted molar refractivity (Wildman–Crippen MR) is 117 cm³/mol. The molecular formula is C25H29NO2. The van der Waals surface area contributed by atoms with Gasteiger partial charge in [0.15, 0.2) is 0 Å². The molecule has 0 bridgehead atoms. The van der Waals surface area contributed by atoms with Gasteiger partial charge < -0.3 is 14.8 Å². The highest BCUT2D eigenvalue weighted by Crippen LogP contribution is 2.52. The molecule has 2 heterocycles. The van der Waals surface area contributed by atoms with E-state index in [-0.39, 0.29) is 11.6 Å². The first kappa shape index (κ1) is 18.7. The van der Waals surface area contributed by atoms with E-state index in [1.54, 1.807) is 7.11 Å². The Labute approximate surface area is 168 Å². The molecule has 2 aliphatic rings. The maximum atomic E-state index is 6.54. The fourth-order valence-electron chi connectivity index (χ4n) is 4.54. The van der Waals surface area contributed by atoms with Crippen LogP contribution in [0.15, 0.2) is 48.6 Å². The summed E-state index contributed by atoms with van der Waals surface area (Å²) in [5.41, 5.74) is 8.35. The Morgan fingerprint density at radius 1 is 1.21 bits per heavy atom. The van der Waals surface area contributed by atoms with Crippen molar-refractivity contribution in [3.05, 3.63) is 59.7 Å². The Balaban J connectivity index is 1.96. The van der Waals surface area contributed by atoms with Crippen LogP contribution < -0.4 is 14.8 Å². The maximum absolute atomic E-state index is 6.54. The van der Waals surface area contributed by atoms with Crippen LogP contribution in [0.25, 0.3) is 16.7 Å². The molecule has 1 unspecified atom stereocenters. The van der Waals surface area contributed by atoms with E-state index in [9.17, 15) is 0 Å². The van der Waals surface area contributed by atoms with Gasteiger partial charge in [-0.05, 0) is 69.9 Å². The van der Waals surface area contributed by atoms with Gasteiger partial charge in [0.1, 0.15) is 17.6 Å². The number of allylic oxidation sites excluding steroid dienone is 2. The third-order valence-electron chi connectivity index (χ3n) is 5.58. The third kappa shape index (κ3) is 3.09. The van der Waals surface area contributed by atoms with Crippen LogP contribution >= 0.6 is 0 Å². The van der Waals surface area contributed by atoms with Gasteiger partial charge in [-0.3, -0.25) is 0 Å². The fourth-order valence-corrected chi connectivity index (χ4v) is 4.54. The molecule has 1 N–H and O–H groups in total. The standard InChI is InChI=1S/C25H29NO2/c1-15(2)10-13-21-24-17(23-19(27-6)8-7-9-20(23)28-21)11-12-18-22(24)16(3)14-25(4,5)26-18/h7-9,11-12,14,21,26H,1,10,13H2,2-6H3. The van der Waals surface area contributed by atoms with E-state index in [4.69, 9.17) is 9.47 Å². The van der Waals surface area contributed by atoms with Crippen LogP contribution in [0.1, 0.15) is 57.8 Å². The summed E-state index contributed by atoms with van der Waals surface area (Å²) < 4.78 is 12.2. The van der Waals surface area contributed by atoms with Gasteiger partial charge in [0.05, 0.1) is 18.2 Å². The molecule has 4 rings (SSSR count). The number of anilines is 1. The van der Waals surface area contributed by atoms with E-state index < -0.39 is 0 Å². The van der Waals surface area contributed by atoms with Gasteiger partial charge in [0.2, 0.25) is 0 Å². The summed E-state index contributed by atoms with van der Waals surface area (Å²) >= 11 is 0. The fraction of sp³-hybridized carbons (Fsp3) is 0.360. The molecule has 2 aliphatic heterocycles. The van der Waals surface area contributed by atoms with Crippen LogP contribution in [-0.4, -0.2) is 12.6 Å². The lowest BCUT2D eigenvalue weighted by Crippen LogP contribution is -2.32. The summed E-state index contributed by atoms with van der Waals surface area (Å²) in [5.74, 6) is 1.74. The van der Waals surface area contributed by atoms with E-state index in [1.807, 2.05) is 18.2 Å². The summed E-state index contributed by atoms with van der Waals surface area (Å²) in [4.78, 5) is 0. The molecule has 0 aromatic heterocycles. The van der Waals surface area contributed by atoms with Gasteiger partial charge in [-0.25, -0.2) is 0 Å². The van der Waals surface area contributed by atoms with Crippen molar-refractivity contribution in [2.45, 2.75) is 52.2 Å². The largest absolute Gasteiger partial charge is 0.496 e. The number of nitrogens with one attached hydrogen (secondary N) is 1. The van der Waals surface area contributed by atoms with Gasteiger partial charge in [-0.15, -0.1) is 6.58 Å². The zero-order valence-electron chi connectivity index (χ0n) is 17.5. The van der Waals surface area contributed by atoms with Gasteiger partial charge in [0, 0.05) is 16.8 Å². The summed E-state index contributed by atoms with van der Waals surface area (Å²) in [7, 11) is 1.72. The molecule has 28 heavy (non-hydrogen) atoms. The Bertz CT molecular complexity index is 984. The van der Waals surface area contributed by atoms with Crippen molar-refractivity contribution in [2.24, 2.45) is 0 Å². The Kier molecular flexibility index (Phi) is 4.49. The van der Waals surface area contributed by atoms with E-state index >= 15 is 0 Å². The molecule has 3 nitrogen and oxygen atoms in total. The molecule has 2 aromatic rings. The quantitative estimate of drug-likeness (QED) is 0.599.